The number of alkyl halides is 1. The van der Waals surface area contributed by atoms with E-state index >= 15 is 0 Å². The van der Waals surface area contributed by atoms with E-state index in [1.54, 1.807) is 7.11 Å². The van der Waals surface area contributed by atoms with Crippen LogP contribution >= 0.6 is 11.6 Å². The summed E-state index contributed by atoms with van der Waals surface area (Å²) in [7, 11) is 1.67. The third kappa shape index (κ3) is 4.40. The summed E-state index contributed by atoms with van der Waals surface area (Å²) < 4.78 is 12.6. The molecule has 5 nitrogen and oxygen atoms in total. The highest BCUT2D eigenvalue weighted by atomic mass is 35.5. The Labute approximate surface area is 130 Å². The van der Waals surface area contributed by atoms with Gasteiger partial charge in [-0.3, -0.25) is 0 Å². The molecule has 0 aliphatic rings. The zero-order valence-electron chi connectivity index (χ0n) is 12.6. The first-order valence-corrected chi connectivity index (χ1v) is 7.74. The van der Waals surface area contributed by atoms with Gasteiger partial charge in [0.15, 0.2) is 5.65 Å². The summed E-state index contributed by atoms with van der Waals surface area (Å²) in [5.74, 6) is 1.56. The van der Waals surface area contributed by atoms with Crippen LogP contribution in [0.1, 0.15) is 17.8 Å². The summed E-state index contributed by atoms with van der Waals surface area (Å²) >= 11 is 5.87. The van der Waals surface area contributed by atoms with Crippen molar-refractivity contribution in [2.75, 3.05) is 32.8 Å². The van der Waals surface area contributed by atoms with E-state index in [4.69, 9.17) is 21.1 Å². The highest BCUT2D eigenvalue weighted by molar-refractivity contribution is 6.17. The van der Waals surface area contributed by atoms with Crippen LogP contribution in [0.5, 0.6) is 0 Å². The number of rotatable bonds is 9. The minimum atomic E-state index is 0.562. The summed E-state index contributed by atoms with van der Waals surface area (Å²) in [6.45, 7) is 4.83. The Morgan fingerprint density at radius 2 is 2.14 bits per heavy atom. The molecule has 0 aromatic carbocycles. The second-order valence-electron chi connectivity index (χ2n) is 4.93. The van der Waals surface area contributed by atoms with Crippen LogP contribution in [-0.2, 0) is 22.4 Å². The molecule has 2 aromatic rings. The van der Waals surface area contributed by atoms with Crippen molar-refractivity contribution in [1.29, 1.82) is 0 Å². The molecule has 6 heteroatoms. The maximum atomic E-state index is 5.87. The van der Waals surface area contributed by atoms with E-state index in [9.17, 15) is 0 Å². The Morgan fingerprint density at radius 1 is 1.29 bits per heavy atom. The second-order valence-corrected chi connectivity index (χ2v) is 5.31. The first kappa shape index (κ1) is 16.2. The lowest BCUT2D eigenvalue weighted by Gasteiger charge is -2.08. The summed E-state index contributed by atoms with van der Waals surface area (Å²) in [5.41, 5.74) is 2.99. The minimum Gasteiger partial charge on any atom is -0.382 e. The van der Waals surface area contributed by atoms with Gasteiger partial charge in [-0.1, -0.05) is 0 Å². The monoisotopic (exact) mass is 311 g/mol. The van der Waals surface area contributed by atoms with Crippen LogP contribution in [-0.4, -0.2) is 47.3 Å². The number of fused-ring (bicyclic) bond motifs is 1. The van der Waals surface area contributed by atoms with Gasteiger partial charge in [-0.25, -0.2) is 9.97 Å². The van der Waals surface area contributed by atoms with Gasteiger partial charge in [0.05, 0.1) is 13.2 Å². The Hall–Kier alpha value is -1.17. The number of hydrogen-bond donors (Lipinski definition) is 0. The molecule has 0 N–H and O–H groups in total. The van der Waals surface area contributed by atoms with Crippen LogP contribution in [0.15, 0.2) is 12.3 Å². The molecule has 0 fully saturated rings. The molecule has 0 saturated heterocycles. The second kappa shape index (κ2) is 8.32. The Bertz CT molecular complexity index is 571. The number of ether oxygens (including phenoxy) is 2. The normalized spacial score (nSPS) is 11.4. The summed E-state index contributed by atoms with van der Waals surface area (Å²) in [4.78, 5) is 9.16. The van der Waals surface area contributed by atoms with Gasteiger partial charge in [-0.15, -0.1) is 11.6 Å². The molecular weight excluding hydrogens is 290 g/mol. The van der Waals surface area contributed by atoms with Gasteiger partial charge in [0, 0.05) is 38.8 Å². The van der Waals surface area contributed by atoms with Crippen LogP contribution < -0.4 is 0 Å². The Kier molecular flexibility index (Phi) is 6.42. The van der Waals surface area contributed by atoms with Crippen LogP contribution in [0.25, 0.3) is 11.2 Å². The van der Waals surface area contributed by atoms with Crippen molar-refractivity contribution >= 4 is 22.8 Å². The molecule has 0 unspecified atom stereocenters. The van der Waals surface area contributed by atoms with E-state index in [1.165, 1.54) is 0 Å². The molecular formula is C15H22ClN3O2. The fourth-order valence-electron chi connectivity index (χ4n) is 2.24. The molecule has 0 aliphatic carbocycles. The van der Waals surface area contributed by atoms with Crippen molar-refractivity contribution in [2.24, 2.45) is 0 Å². The molecule has 0 spiro atoms. The molecule has 0 saturated carbocycles. The average Bonchev–Trinajstić information content (AvgIpc) is 2.80. The van der Waals surface area contributed by atoms with Crippen molar-refractivity contribution in [3.05, 3.63) is 23.7 Å². The molecule has 116 valence electrons. The van der Waals surface area contributed by atoms with E-state index in [2.05, 4.69) is 20.6 Å². The topological polar surface area (TPSA) is 49.2 Å². The molecule has 0 radical (unpaired) electrons. The number of pyridine rings is 1. The smallest absolute Gasteiger partial charge is 0.160 e. The molecule has 0 amide bonds. The number of halogens is 1. The van der Waals surface area contributed by atoms with Crippen LogP contribution in [0.4, 0.5) is 0 Å². The van der Waals surface area contributed by atoms with Crippen LogP contribution in [0, 0.1) is 6.92 Å². The fourth-order valence-corrected chi connectivity index (χ4v) is 2.41. The van der Waals surface area contributed by atoms with Gasteiger partial charge in [0.1, 0.15) is 11.3 Å². The lowest BCUT2D eigenvalue weighted by atomic mass is 10.3. The first-order valence-electron chi connectivity index (χ1n) is 7.20. The fraction of sp³-hybridized carbons (Fsp3) is 0.600. The molecule has 2 heterocycles. The SMILES string of the molecule is COCCOCCCn1c(CCCl)nc2cc(C)cnc21. The van der Waals surface area contributed by atoms with Crippen LogP contribution in [0.2, 0.25) is 0 Å². The predicted octanol–water partition coefficient (Wildman–Crippen LogP) is 2.57. The molecule has 2 aromatic heterocycles. The quantitative estimate of drug-likeness (QED) is 0.527. The highest BCUT2D eigenvalue weighted by Gasteiger charge is 2.11. The summed E-state index contributed by atoms with van der Waals surface area (Å²) in [5, 5.41) is 0. The maximum Gasteiger partial charge on any atom is 0.160 e. The molecule has 0 aliphatic heterocycles. The molecule has 0 bridgehead atoms. The van der Waals surface area contributed by atoms with Gasteiger partial charge in [-0.05, 0) is 25.0 Å². The van der Waals surface area contributed by atoms with Gasteiger partial charge < -0.3 is 14.0 Å². The predicted molar refractivity (Wildman–Crippen MR) is 84.0 cm³/mol. The first-order chi connectivity index (χ1) is 10.3. The van der Waals surface area contributed by atoms with Crippen molar-refractivity contribution in [3.8, 4) is 0 Å². The van der Waals surface area contributed by atoms with Gasteiger partial charge in [-0.2, -0.15) is 0 Å². The highest BCUT2D eigenvalue weighted by Crippen LogP contribution is 2.16. The number of aryl methyl sites for hydroxylation is 3. The number of imidazole rings is 1. The Morgan fingerprint density at radius 3 is 2.90 bits per heavy atom. The largest absolute Gasteiger partial charge is 0.382 e. The summed E-state index contributed by atoms with van der Waals surface area (Å²) in [6, 6.07) is 2.06. The number of nitrogens with zero attached hydrogens (tertiary/aromatic N) is 3. The molecule has 2 rings (SSSR count). The van der Waals surface area contributed by atoms with Gasteiger partial charge in [0.2, 0.25) is 0 Å². The van der Waals surface area contributed by atoms with E-state index in [0.717, 1.165) is 41.9 Å². The zero-order valence-corrected chi connectivity index (χ0v) is 13.4. The van der Waals surface area contributed by atoms with Crippen molar-refractivity contribution in [3.63, 3.8) is 0 Å². The molecule has 0 atom stereocenters. The number of methoxy groups -OCH3 is 1. The lowest BCUT2D eigenvalue weighted by molar-refractivity contribution is 0.0680. The lowest BCUT2D eigenvalue weighted by Crippen LogP contribution is -2.09. The van der Waals surface area contributed by atoms with E-state index in [0.29, 0.717) is 25.7 Å². The standard InChI is InChI=1S/C15H22ClN3O2/c1-12-10-13-15(17-11-12)19(14(18-13)4-5-16)6-3-7-21-9-8-20-2/h10-11H,3-9H2,1-2H3. The van der Waals surface area contributed by atoms with Crippen LogP contribution in [0.3, 0.4) is 0 Å². The van der Waals surface area contributed by atoms with E-state index in [1.807, 2.05) is 13.1 Å². The summed E-state index contributed by atoms with van der Waals surface area (Å²) in [6.07, 6.45) is 3.54. The van der Waals surface area contributed by atoms with Crippen molar-refractivity contribution in [1.82, 2.24) is 14.5 Å². The number of hydrogen-bond acceptors (Lipinski definition) is 4. The van der Waals surface area contributed by atoms with Gasteiger partial charge in [0.25, 0.3) is 0 Å². The zero-order chi connectivity index (χ0) is 15.1. The van der Waals surface area contributed by atoms with Crippen molar-refractivity contribution < 1.29 is 9.47 Å². The minimum absolute atomic E-state index is 0.562. The number of aromatic nitrogens is 3. The Balaban J connectivity index is 2.04. The van der Waals surface area contributed by atoms with E-state index < -0.39 is 0 Å². The van der Waals surface area contributed by atoms with E-state index in [-0.39, 0.29) is 0 Å². The molecule has 21 heavy (non-hydrogen) atoms. The van der Waals surface area contributed by atoms with Crippen molar-refractivity contribution in [2.45, 2.75) is 26.3 Å². The maximum absolute atomic E-state index is 5.87. The third-order valence-electron chi connectivity index (χ3n) is 3.22. The average molecular weight is 312 g/mol. The van der Waals surface area contributed by atoms with Gasteiger partial charge >= 0.3 is 0 Å². The third-order valence-corrected chi connectivity index (χ3v) is 3.41.